The average molecular weight is 466 g/mol. The van der Waals surface area contributed by atoms with Crippen LogP contribution in [0.3, 0.4) is 0 Å². The van der Waals surface area contributed by atoms with E-state index in [1.54, 1.807) is 11.3 Å². The van der Waals surface area contributed by atoms with Crippen molar-refractivity contribution < 1.29 is 4.79 Å². The van der Waals surface area contributed by atoms with Crippen LogP contribution in [0.2, 0.25) is 0 Å². The van der Waals surface area contributed by atoms with E-state index < -0.39 is 0 Å². The molecule has 0 unspecified atom stereocenters. The number of carbonyl (C=O) groups is 1. The number of hydrogen-bond donors (Lipinski definition) is 0. The molecule has 3 aromatic carbocycles. The van der Waals surface area contributed by atoms with Gasteiger partial charge >= 0.3 is 0 Å². The largest absolute Gasteiger partial charge is 0.308 e. The molecule has 1 aromatic heterocycles. The second kappa shape index (κ2) is 10.7. The van der Waals surface area contributed by atoms with Crippen LogP contribution in [-0.2, 0) is 4.79 Å². The normalized spacial score (nSPS) is 11.0. The minimum absolute atomic E-state index is 0. The quantitative estimate of drug-likeness (QED) is 0.348. The number of likely N-dealkylation sites (N-methyl/N-ethyl adjacent to an activating group) is 1. The highest BCUT2D eigenvalue weighted by atomic mass is 35.5. The number of carbonyl (C=O) groups excluding carboxylic acids is 1. The van der Waals surface area contributed by atoms with Crippen molar-refractivity contribution in [1.29, 1.82) is 0 Å². The summed E-state index contributed by atoms with van der Waals surface area (Å²) in [6.07, 6.45) is 0. The summed E-state index contributed by atoms with van der Waals surface area (Å²) in [4.78, 5) is 22.9. The molecule has 0 saturated carbocycles. The number of fused-ring (bicyclic) bond motifs is 1. The van der Waals surface area contributed by atoms with Gasteiger partial charge in [-0.2, -0.15) is 0 Å². The Morgan fingerprint density at radius 1 is 0.906 bits per heavy atom. The van der Waals surface area contributed by atoms with Crippen molar-refractivity contribution >= 4 is 45.0 Å². The monoisotopic (exact) mass is 465 g/mol. The number of anilines is 1. The van der Waals surface area contributed by atoms with Crippen LogP contribution in [0.15, 0.2) is 78.9 Å². The summed E-state index contributed by atoms with van der Waals surface area (Å²) in [6, 6.07) is 26.3. The first-order valence-electron chi connectivity index (χ1n) is 10.5. The van der Waals surface area contributed by atoms with Crippen LogP contribution >= 0.6 is 23.7 Å². The van der Waals surface area contributed by atoms with E-state index in [9.17, 15) is 4.79 Å². The van der Waals surface area contributed by atoms with Crippen molar-refractivity contribution in [3.05, 3.63) is 95.6 Å². The number of nitrogens with zero attached hydrogens (tertiary/aromatic N) is 3. The molecule has 0 aliphatic heterocycles. The van der Waals surface area contributed by atoms with E-state index in [0.29, 0.717) is 6.54 Å². The third kappa shape index (κ3) is 5.36. The van der Waals surface area contributed by atoms with E-state index >= 15 is 0 Å². The fourth-order valence-electron chi connectivity index (χ4n) is 3.66. The fourth-order valence-corrected chi connectivity index (χ4v) is 4.75. The first-order valence-corrected chi connectivity index (χ1v) is 11.3. The molecule has 166 valence electrons. The maximum Gasteiger partial charge on any atom is 0.240 e. The lowest BCUT2D eigenvalue weighted by Crippen LogP contribution is -2.40. The van der Waals surface area contributed by atoms with Gasteiger partial charge in [0.1, 0.15) is 0 Å². The van der Waals surface area contributed by atoms with Gasteiger partial charge in [0, 0.05) is 13.1 Å². The van der Waals surface area contributed by atoms with Gasteiger partial charge in [-0.3, -0.25) is 9.69 Å². The van der Waals surface area contributed by atoms with Crippen molar-refractivity contribution in [2.24, 2.45) is 0 Å². The number of hydrogen-bond acceptors (Lipinski definition) is 4. The Morgan fingerprint density at radius 2 is 1.50 bits per heavy atom. The van der Waals surface area contributed by atoms with Crippen LogP contribution in [0.25, 0.3) is 10.2 Å². The van der Waals surface area contributed by atoms with Crippen molar-refractivity contribution in [1.82, 2.24) is 9.88 Å². The molecule has 6 heteroatoms. The lowest BCUT2D eigenvalue weighted by atomic mass is 9.90. The Hall–Kier alpha value is -2.73. The maximum atomic E-state index is 14.1. The van der Waals surface area contributed by atoms with Crippen LogP contribution in [0.4, 0.5) is 5.13 Å². The zero-order chi connectivity index (χ0) is 21.8. The van der Waals surface area contributed by atoms with E-state index in [1.807, 2.05) is 85.7 Å². The van der Waals surface area contributed by atoms with E-state index in [-0.39, 0.29) is 24.2 Å². The molecule has 0 atom stereocenters. The molecule has 4 aromatic rings. The summed E-state index contributed by atoms with van der Waals surface area (Å²) in [6.45, 7) is 3.42. The molecule has 0 radical (unpaired) electrons. The maximum absolute atomic E-state index is 14.1. The average Bonchev–Trinajstić information content (AvgIpc) is 3.18. The van der Waals surface area contributed by atoms with Crippen LogP contribution in [-0.4, -0.2) is 43.0 Å². The minimum Gasteiger partial charge on any atom is -0.308 e. The molecule has 0 N–H and O–H groups in total. The Labute approximate surface area is 199 Å². The molecular formula is C26H28ClN3OS. The molecule has 0 spiro atoms. The first-order chi connectivity index (χ1) is 15.0. The van der Waals surface area contributed by atoms with E-state index in [2.05, 4.69) is 24.0 Å². The number of amides is 1. The molecule has 1 amide bonds. The summed E-state index contributed by atoms with van der Waals surface area (Å²) in [5.74, 6) is -0.326. The molecule has 0 aliphatic rings. The molecule has 32 heavy (non-hydrogen) atoms. The Balaban J connectivity index is 0.00000289. The van der Waals surface area contributed by atoms with Gasteiger partial charge in [-0.05, 0) is 49.8 Å². The van der Waals surface area contributed by atoms with E-state index in [4.69, 9.17) is 4.98 Å². The van der Waals surface area contributed by atoms with Gasteiger partial charge < -0.3 is 4.90 Å². The zero-order valence-electron chi connectivity index (χ0n) is 18.6. The van der Waals surface area contributed by atoms with Crippen LogP contribution < -0.4 is 4.90 Å². The number of aryl methyl sites for hydroxylation is 1. The summed E-state index contributed by atoms with van der Waals surface area (Å²) in [5.41, 5.74) is 4.11. The third-order valence-electron chi connectivity index (χ3n) is 5.31. The second-order valence-electron chi connectivity index (χ2n) is 8.02. The topological polar surface area (TPSA) is 36.4 Å². The Kier molecular flexibility index (Phi) is 8.02. The lowest BCUT2D eigenvalue weighted by Gasteiger charge is -2.27. The highest BCUT2D eigenvalue weighted by Gasteiger charge is 2.30. The lowest BCUT2D eigenvalue weighted by molar-refractivity contribution is -0.119. The molecule has 0 saturated heterocycles. The predicted octanol–water partition coefficient (Wildman–Crippen LogP) is 5.75. The molecule has 1 heterocycles. The molecule has 4 rings (SSSR count). The number of thiazole rings is 1. The van der Waals surface area contributed by atoms with Crippen molar-refractivity contribution in [2.75, 3.05) is 32.1 Å². The highest BCUT2D eigenvalue weighted by Crippen LogP contribution is 2.33. The standard InChI is InChI=1S/C26H27N3OS.ClH/c1-19-14-15-22-23(18-19)31-26(27-22)29(17-16-28(2)3)25(30)24(20-10-6-4-7-11-20)21-12-8-5-9-13-21;/h4-15,18,24H,16-17H2,1-3H3;1H. The fraction of sp³-hybridized carbons (Fsp3) is 0.231. The minimum atomic E-state index is -0.377. The molecule has 4 nitrogen and oxygen atoms in total. The first kappa shape index (κ1) is 23.9. The van der Waals surface area contributed by atoms with Gasteiger partial charge in [0.05, 0.1) is 16.1 Å². The van der Waals surface area contributed by atoms with Gasteiger partial charge in [0.25, 0.3) is 0 Å². The van der Waals surface area contributed by atoms with Gasteiger partial charge in [-0.1, -0.05) is 78.1 Å². The predicted molar refractivity (Wildman–Crippen MR) is 137 cm³/mol. The van der Waals surface area contributed by atoms with Gasteiger partial charge in [-0.25, -0.2) is 4.98 Å². The number of rotatable bonds is 7. The molecular weight excluding hydrogens is 438 g/mol. The number of benzene rings is 3. The Bertz CT molecular complexity index is 1120. The van der Waals surface area contributed by atoms with Crippen molar-refractivity contribution in [2.45, 2.75) is 12.8 Å². The highest BCUT2D eigenvalue weighted by molar-refractivity contribution is 7.22. The van der Waals surface area contributed by atoms with E-state index in [0.717, 1.165) is 33.0 Å². The van der Waals surface area contributed by atoms with Crippen LogP contribution in [0.5, 0.6) is 0 Å². The summed E-state index contributed by atoms with van der Waals surface area (Å²) < 4.78 is 1.11. The van der Waals surface area contributed by atoms with Gasteiger partial charge in [0.2, 0.25) is 5.91 Å². The van der Waals surface area contributed by atoms with Gasteiger partial charge in [0.15, 0.2) is 5.13 Å². The third-order valence-corrected chi connectivity index (χ3v) is 6.35. The second-order valence-corrected chi connectivity index (χ2v) is 9.02. The number of aromatic nitrogens is 1. The van der Waals surface area contributed by atoms with Crippen LogP contribution in [0.1, 0.15) is 22.6 Å². The summed E-state index contributed by atoms with van der Waals surface area (Å²) >= 11 is 1.58. The molecule has 0 bridgehead atoms. The number of halogens is 1. The van der Waals surface area contributed by atoms with Crippen molar-refractivity contribution in [3.63, 3.8) is 0 Å². The van der Waals surface area contributed by atoms with Crippen molar-refractivity contribution in [3.8, 4) is 0 Å². The summed E-state index contributed by atoms with van der Waals surface area (Å²) in [5, 5.41) is 0.754. The van der Waals surface area contributed by atoms with Crippen LogP contribution in [0, 0.1) is 6.92 Å². The van der Waals surface area contributed by atoms with E-state index in [1.165, 1.54) is 5.56 Å². The smallest absolute Gasteiger partial charge is 0.240 e. The Morgan fingerprint density at radius 3 is 2.06 bits per heavy atom. The zero-order valence-corrected chi connectivity index (χ0v) is 20.2. The van der Waals surface area contributed by atoms with Gasteiger partial charge in [-0.15, -0.1) is 12.4 Å². The summed E-state index contributed by atoms with van der Waals surface area (Å²) in [7, 11) is 4.05. The molecule has 0 fully saturated rings. The molecule has 0 aliphatic carbocycles. The SMILES string of the molecule is Cc1ccc2nc(N(CCN(C)C)C(=O)C(c3ccccc3)c3ccccc3)sc2c1.Cl.